The molecule has 0 spiro atoms. The normalized spacial score (nSPS) is 18.3. The molecule has 2 N–H and O–H groups in total. The zero-order valence-corrected chi connectivity index (χ0v) is 16.0. The largest absolute Gasteiger partial charge is 0.325 e. The first-order valence-corrected chi connectivity index (χ1v) is 9.47. The van der Waals surface area contributed by atoms with Gasteiger partial charge in [-0.3, -0.25) is 9.59 Å². The van der Waals surface area contributed by atoms with E-state index in [1.807, 2.05) is 48.5 Å². The number of carbonyl (C=O) groups is 2. The number of benzene rings is 2. The van der Waals surface area contributed by atoms with Gasteiger partial charge in [-0.25, -0.2) is 0 Å². The second-order valence-electron chi connectivity index (χ2n) is 5.39. The van der Waals surface area contributed by atoms with Gasteiger partial charge in [0.25, 0.3) is 0 Å². The van der Waals surface area contributed by atoms with E-state index in [4.69, 9.17) is 0 Å². The molecule has 2 aromatic rings. The van der Waals surface area contributed by atoms with Crippen molar-refractivity contribution in [2.75, 3.05) is 5.32 Å². The number of amides is 2. The molecule has 1 heterocycles. The summed E-state index contributed by atoms with van der Waals surface area (Å²) in [5.41, 5.74) is 1.58. The van der Waals surface area contributed by atoms with Crippen LogP contribution in [0, 0.1) is 0 Å². The van der Waals surface area contributed by atoms with Crippen LogP contribution < -0.4 is 10.6 Å². The Labute approximate surface area is 163 Å². The fraction of sp³-hybridized carbons (Fsp3) is 0.111. The maximum absolute atomic E-state index is 12.2. The number of nitrogens with zero attached hydrogens (tertiary/aromatic N) is 2. The maximum Gasteiger partial charge on any atom is 0.240 e. The number of hydrogen-bond acceptors (Lipinski definition) is 5. The Morgan fingerprint density at radius 3 is 2.69 bits per heavy atom. The molecule has 1 fully saturated rings. The van der Waals surface area contributed by atoms with Crippen molar-refractivity contribution in [2.24, 2.45) is 10.2 Å². The quantitative estimate of drug-likeness (QED) is 0.563. The molecule has 0 bridgehead atoms. The standard InChI is InChI=1S/C18H15BrN4O2S/c19-13-8-4-5-9-14(13)21-16(24)10-15-17(25)22-18(26-15)23-20-11-12-6-2-1-3-7-12/h1-9,11,15H,10H2,(H,21,24)(H,22,23,25). The van der Waals surface area contributed by atoms with Gasteiger partial charge in [0, 0.05) is 10.9 Å². The van der Waals surface area contributed by atoms with Gasteiger partial charge in [-0.1, -0.05) is 54.2 Å². The molecule has 2 aromatic carbocycles. The topological polar surface area (TPSA) is 82.9 Å². The van der Waals surface area contributed by atoms with Crippen molar-refractivity contribution in [2.45, 2.75) is 11.7 Å². The van der Waals surface area contributed by atoms with E-state index in [1.54, 1.807) is 12.3 Å². The van der Waals surface area contributed by atoms with Crippen LogP contribution in [0.2, 0.25) is 0 Å². The molecule has 26 heavy (non-hydrogen) atoms. The number of para-hydroxylation sites is 1. The summed E-state index contributed by atoms with van der Waals surface area (Å²) in [7, 11) is 0. The van der Waals surface area contributed by atoms with Crippen molar-refractivity contribution < 1.29 is 9.59 Å². The van der Waals surface area contributed by atoms with E-state index >= 15 is 0 Å². The average molecular weight is 431 g/mol. The lowest BCUT2D eigenvalue weighted by Crippen LogP contribution is -2.28. The Bertz CT molecular complexity index is 871. The zero-order valence-electron chi connectivity index (χ0n) is 13.6. The number of anilines is 1. The predicted molar refractivity (Wildman–Crippen MR) is 108 cm³/mol. The van der Waals surface area contributed by atoms with Crippen molar-refractivity contribution in [1.29, 1.82) is 0 Å². The van der Waals surface area contributed by atoms with Gasteiger partial charge in [-0.05, 0) is 33.6 Å². The van der Waals surface area contributed by atoms with Crippen LogP contribution in [0.1, 0.15) is 12.0 Å². The molecule has 1 saturated heterocycles. The molecule has 132 valence electrons. The van der Waals surface area contributed by atoms with Crippen LogP contribution in [0.5, 0.6) is 0 Å². The molecule has 0 aliphatic carbocycles. The molecule has 8 heteroatoms. The first-order chi connectivity index (χ1) is 12.6. The first kappa shape index (κ1) is 18.3. The average Bonchev–Trinajstić information content (AvgIpc) is 2.97. The summed E-state index contributed by atoms with van der Waals surface area (Å²) in [6.07, 6.45) is 1.66. The van der Waals surface area contributed by atoms with Crippen LogP contribution in [0.3, 0.4) is 0 Å². The van der Waals surface area contributed by atoms with E-state index in [2.05, 4.69) is 36.8 Å². The van der Waals surface area contributed by atoms with E-state index in [0.717, 1.165) is 10.0 Å². The molecule has 0 saturated carbocycles. The molecule has 0 aromatic heterocycles. The SMILES string of the molecule is O=C(CC1S/C(=N/N=Cc2ccccc2)NC1=O)Nc1ccccc1Br. The third kappa shape index (κ3) is 5.03. The van der Waals surface area contributed by atoms with Gasteiger partial charge < -0.3 is 10.6 Å². The Morgan fingerprint density at radius 1 is 1.19 bits per heavy atom. The highest BCUT2D eigenvalue weighted by Crippen LogP contribution is 2.25. The minimum Gasteiger partial charge on any atom is -0.325 e. The summed E-state index contributed by atoms with van der Waals surface area (Å²) in [5.74, 6) is -0.482. The van der Waals surface area contributed by atoms with Gasteiger partial charge in [-0.2, -0.15) is 5.10 Å². The van der Waals surface area contributed by atoms with Crippen molar-refractivity contribution in [3.63, 3.8) is 0 Å². The Kier molecular flexibility index (Phi) is 6.19. The fourth-order valence-electron chi connectivity index (χ4n) is 2.21. The van der Waals surface area contributed by atoms with Crippen LogP contribution in [0.15, 0.2) is 69.3 Å². The summed E-state index contributed by atoms with van der Waals surface area (Å²) in [5, 5.41) is 13.3. The number of thioether (sulfide) groups is 1. The number of halogens is 1. The van der Waals surface area contributed by atoms with Crippen molar-refractivity contribution in [1.82, 2.24) is 5.32 Å². The molecule has 1 aliphatic rings. The highest BCUT2D eigenvalue weighted by Gasteiger charge is 2.32. The highest BCUT2D eigenvalue weighted by molar-refractivity contribution is 9.10. The number of amidine groups is 1. The van der Waals surface area contributed by atoms with Gasteiger partial charge in [0.2, 0.25) is 11.8 Å². The molecule has 2 amide bonds. The van der Waals surface area contributed by atoms with Crippen molar-refractivity contribution in [3.05, 3.63) is 64.6 Å². The number of nitrogens with one attached hydrogen (secondary N) is 2. The summed E-state index contributed by atoms with van der Waals surface area (Å²) in [4.78, 5) is 24.2. The van der Waals surface area contributed by atoms with Crippen molar-refractivity contribution >= 4 is 56.6 Å². The number of rotatable bonds is 5. The second-order valence-corrected chi connectivity index (χ2v) is 7.43. The highest BCUT2D eigenvalue weighted by atomic mass is 79.9. The monoisotopic (exact) mass is 430 g/mol. The number of hydrogen-bond donors (Lipinski definition) is 2. The van der Waals surface area contributed by atoms with E-state index < -0.39 is 5.25 Å². The summed E-state index contributed by atoms with van der Waals surface area (Å²) >= 11 is 4.57. The van der Waals surface area contributed by atoms with Crippen LogP contribution in [0.25, 0.3) is 0 Å². The molecule has 1 unspecified atom stereocenters. The van der Waals surface area contributed by atoms with Crippen LogP contribution in [0.4, 0.5) is 5.69 Å². The molecular weight excluding hydrogens is 416 g/mol. The Hall–Kier alpha value is -2.45. The van der Waals surface area contributed by atoms with E-state index in [9.17, 15) is 9.59 Å². The van der Waals surface area contributed by atoms with Crippen LogP contribution in [-0.2, 0) is 9.59 Å². The van der Waals surface area contributed by atoms with Gasteiger partial charge in [0.15, 0.2) is 5.17 Å². The minimum atomic E-state index is -0.525. The molecule has 1 atom stereocenters. The summed E-state index contributed by atoms with van der Waals surface area (Å²) in [6.45, 7) is 0. The third-order valence-corrected chi connectivity index (χ3v) is 5.21. The van der Waals surface area contributed by atoms with Gasteiger partial charge in [0.1, 0.15) is 5.25 Å². The van der Waals surface area contributed by atoms with E-state index in [-0.39, 0.29) is 18.2 Å². The van der Waals surface area contributed by atoms with Crippen molar-refractivity contribution in [3.8, 4) is 0 Å². The molecule has 1 aliphatic heterocycles. The van der Waals surface area contributed by atoms with Gasteiger partial charge in [0.05, 0.1) is 11.9 Å². The molecule has 3 rings (SSSR count). The lowest BCUT2D eigenvalue weighted by Gasteiger charge is -2.08. The summed E-state index contributed by atoms with van der Waals surface area (Å²) in [6, 6.07) is 16.8. The number of carbonyl (C=O) groups excluding carboxylic acids is 2. The Morgan fingerprint density at radius 2 is 1.92 bits per heavy atom. The molecular formula is C18H15BrN4O2S. The lowest BCUT2D eigenvalue weighted by molar-refractivity contribution is -0.122. The smallest absolute Gasteiger partial charge is 0.240 e. The molecule has 0 radical (unpaired) electrons. The van der Waals surface area contributed by atoms with Gasteiger partial charge >= 0.3 is 0 Å². The first-order valence-electron chi connectivity index (χ1n) is 7.80. The second kappa shape index (κ2) is 8.77. The van der Waals surface area contributed by atoms with E-state index in [1.165, 1.54) is 11.8 Å². The van der Waals surface area contributed by atoms with Gasteiger partial charge in [-0.15, -0.1) is 5.10 Å². The van der Waals surface area contributed by atoms with Crippen LogP contribution in [-0.4, -0.2) is 28.4 Å². The molecule has 6 nitrogen and oxygen atoms in total. The third-order valence-electron chi connectivity index (χ3n) is 3.45. The Balaban J connectivity index is 1.56. The predicted octanol–water partition coefficient (Wildman–Crippen LogP) is 3.40. The fourth-order valence-corrected chi connectivity index (χ4v) is 3.51. The maximum atomic E-state index is 12.2. The lowest BCUT2D eigenvalue weighted by atomic mass is 10.2. The summed E-state index contributed by atoms with van der Waals surface area (Å²) < 4.78 is 0.786. The minimum absolute atomic E-state index is 0.0548. The van der Waals surface area contributed by atoms with Crippen LogP contribution >= 0.6 is 27.7 Å². The van der Waals surface area contributed by atoms with E-state index in [0.29, 0.717) is 10.9 Å². The zero-order chi connectivity index (χ0) is 18.4.